The molecule has 114 valence electrons. The predicted octanol–water partition coefficient (Wildman–Crippen LogP) is 2.99. The molecule has 3 heteroatoms. The van der Waals surface area contributed by atoms with Gasteiger partial charge in [0.25, 0.3) is 0 Å². The van der Waals surface area contributed by atoms with Gasteiger partial charge in [-0.1, -0.05) is 24.3 Å². The van der Waals surface area contributed by atoms with Crippen LogP contribution in [0.2, 0.25) is 0 Å². The number of hydrogen-bond donors (Lipinski definition) is 0. The molecule has 0 aliphatic heterocycles. The quantitative estimate of drug-likeness (QED) is 0.675. The van der Waals surface area contributed by atoms with Crippen molar-refractivity contribution in [1.29, 1.82) is 0 Å². The molecular formula is C18H25NO2. The highest BCUT2D eigenvalue weighted by Crippen LogP contribution is 2.48. The van der Waals surface area contributed by atoms with Gasteiger partial charge in [0.05, 0.1) is 5.92 Å². The number of amides is 1. The van der Waals surface area contributed by atoms with Crippen LogP contribution in [0.4, 0.5) is 0 Å². The summed E-state index contributed by atoms with van der Waals surface area (Å²) in [6, 6.07) is 0. The van der Waals surface area contributed by atoms with Gasteiger partial charge in [-0.05, 0) is 38.0 Å². The summed E-state index contributed by atoms with van der Waals surface area (Å²) in [6.07, 6.45) is 10.6. The lowest BCUT2D eigenvalue weighted by Crippen LogP contribution is -2.36. The Morgan fingerprint density at radius 1 is 1.19 bits per heavy atom. The summed E-state index contributed by atoms with van der Waals surface area (Å²) in [4.78, 5) is 25.6. The van der Waals surface area contributed by atoms with Gasteiger partial charge < -0.3 is 4.90 Å². The number of rotatable bonds is 7. The van der Waals surface area contributed by atoms with Gasteiger partial charge in [0.1, 0.15) is 5.78 Å². The van der Waals surface area contributed by atoms with E-state index < -0.39 is 0 Å². The molecular weight excluding hydrogens is 262 g/mol. The van der Waals surface area contributed by atoms with Crippen LogP contribution in [0.5, 0.6) is 0 Å². The molecule has 4 atom stereocenters. The van der Waals surface area contributed by atoms with E-state index in [1.165, 1.54) is 0 Å². The fraction of sp³-hybridized carbons (Fsp3) is 0.556. The second kappa shape index (κ2) is 6.88. The van der Waals surface area contributed by atoms with Gasteiger partial charge in [-0.2, -0.15) is 0 Å². The second-order valence-corrected chi connectivity index (χ2v) is 6.17. The van der Waals surface area contributed by atoms with E-state index in [4.69, 9.17) is 0 Å². The van der Waals surface area contributed by atoms with Crippen LogP contribution >= 0.6 is 0 Å². The molecule has 0 bridgehead atoms. The third-order valence-electron chi connectivity index (χ3n) is 4.64. The summed E-state index contributed by atoms with van der Waals surface area (Å²) >= 11 is 0. The van der Waals surface area contributed by atoms with Crippen LogP contribution in [0.25, 0.3) is 0 Å². The summed E-state index contributed by atoms with van der Waals surface area (Å²) in [7, 11) is 0. The van der Waals surface area contributed by atoms with Gasteiger partial charge in [0.2, 0.25) is 5.91 Å². The van der Waals surface area contributed by atoms with Crippen molar-refractivity contribution in [3.8, 4) is 0 Å². The normalized spacial score (nSPS) is 30.5. The lowest BCUT2D eigenvalue weighted by Gasteiger charge is -2.27. The van der Waals surface area contributed by atoms with E-state index in [0.29, 0.717) is 30.7 Å². The molecule has 0 radical (unpaired) electrons. The number of allylic oxidation sites excluding steroid dienone is 1. The van der Waals surface area contributed by atoms with E-state index in [9.17, 15) is 9.59 Å². The SMILES string of the molecule is C=CCN(CC=C)C(=O)C1C=CC(C2CC2C(C)=O)CC1. The molecule has 1 amide bonds. The Labute approximate surface area is 127 Å². The standard InChI is InChI=1S/C18H25NO2/c1-4-10-19(11-5-2)18(21)15-8-6-14(7-9-15)17-12-16(17)13(3)20/h4-6,8,14-17H,1-2,7,9-12H2,3H3. The molecule has 0 heterocycles. The fourth-order valence-electron chi connectivity index (χ4n) is 3.36. The van der Waals surface area contributed by atoms with E-state index in [0.717, 1.165) is 19.3 Å². The summed E-state index contributed by atoms with van der Waals surface area (Å²) in [5.41, 5.74) is 0. The van der Waals surface area contributed by atoms with Gasteiger partial charge in [-0.3, -0.25) is 9.59 Å². The van der Waals surface area contributed by atoms with Crippen molar-refractivity contribution >= 4 is 11.7 Å². The van der Waals surface area contributed by atoms with Gasteiger partial charge in [-0.25, -0.2) is 0 Å². The molecule has 1 fully saturated rings. The smallest absolute Gasteiger partial charge is 0.230 e. The maximum Gasteiger partial charge on any atom is 0.230 e. The maximum atomic E-state index is 12.5. The largest absolute Gasteiger partial charge is 0.335 e. The van der Waals surface area contributed by atoms with Crippen LogP contribution in [-0.4, -0.2) is 29.7 Å². The average molecular weight is 287 g/mol. The van der Waals surface area contributed by atoms with Crippen molar-refractivity contribution in [1.82, 2.24) is 4.90 Å². The summed E-state index contributed by atoms with van der Waals surface area (Å²) in [5.74, 6) is 1.71. The Kier molecular flexibility index (Phi) is 5.16. The van der Waals surface area contributed by atoms with E-state index in [1.54, 1.807) is 24.0 Å². The third kappa shape index (κ3) is 3.72. The lowest BCUT2D eigenvalue weighted by molar-refractivity contribution is -0.133. The van der Waals surface area contributed by atoms with Crippen LogP contribution in [0.3, 0.4) is 0 Å². The molecule has 2 rings (SSSR count). The van der Waals surface area contributed by atoms with E-state index in [2.05, 4.69) is 19.2 Å². The lowest BCUT2D eigenvalue weighted by atomic mass is 9.84. The molecule has 21 heavy (non-hydrogen) atoms. The zero-order chi connectivity index (χ0) is 15.4. The minimum Gasteiger partial charge on any atom is -0.335 e. The van der Waals surface area contributed by atoms with Crippen LogP contribution in [0.15, 0.2) is 37.5 Å². The fourth-order valence-corrected chi connectivity index (χ4v) is 3.36. The number of carbonyl (C=O) groups excluding carboxylic acids is 2. The molecule has 2 aliphatic carbocycles. The minimum atomic E-state index is -0.0318. The first-order chi connectivity index (χ1) is 10.1. The van der Waals surface area contributed by atoms with Gasteiger partial charge >= 0.3 is 0 Å². The Bertz CT molecular complexity index is 456. The van der Waals surface area contributed by atoms with Gasteiger partial charge in [-0.15, -0.1) is 13.2 Å². The van der Waals surface area contributed by atoms with Gasteiger partial charge in [0, 0.05) is 19.0 Å². The Hall–Kier alpha value is -1.64. The number of Topliss-reactive ketones (excluding diaryl/α,β-unsaturated/α-hetero) is 1. The molecule has 2 aliphatic rings. The molecule has 0 spiro atoms. The second-order valence-electron chi connectivity index (χ2n) is 6.17. The molecule has 1 saturated carbocycles. The molecule has 0 aromatic rings. The molecule has 4 unspecified atom stereocenters. The highest BCUT2D eigenvalue weighted by Gasteiger charge is 2.45. The number of carbonyl (C=O) groups is 2. The Morgan fingerprint density at radius 3 is 2.29 bits per heavy atom. The van der Waals surface area contributed by atoms with Crippen molar-refractivity contribution in [2.75, 3.05) is 13.1 Å². The topological polar surface area (TPSA) is 37.4 Å². The van der Waals surface area contributed by atoms with E-state index in [1.807, 2.05) is 6.08 Å². The van der Waals surface area contributed by atoms with Crippen molar-refractivity contribution in [3.05, 3.63) is 37.5 Å². The Morgan fingerprint density at radius 2 is 1.86 bits per heavy atom. The zero-order valence-corrected chi connectivity index (χ0v) is 12.8. The third-order valence-corrected chi connectivity index (χ3v) is 4.64. The first kappa shape index (κ1) is 15.7. The number of hydrogen-bond acceptors (Lipinski definition) is 2. The summed E-state index contributed by atoms with van der Waals surface area (Å²) in [5, 5.41) is 0. The van der Waals surface area contributed by atoms with E-state index in [-0.39, 0.29) is 17.7 Å². The number of ketones is 1. The average Bonchev–Trinajstić information content (AvgIpc) is 3.27. The predicted molar refractivity (Wildman–Crippen MR) is 84.6 cm³/mol. The van der Waals surface area contributed by atoms with Crippen molar-refractivity contribution < 1.29 is 9.59 Å². The summed E-state index contributed by atoms with van der Waals surface area (Å²) < 4.78 is 0. The van der Waals surface area contributed by atoms with Crippen LogP contribution < -0.4 is 0 Å². The minimum absolute atomic E-state index is 0.0318. The molecule has 0 N–H and O–H groups in total. The van der Waals surface area contributed by atoms with Crippen molar-refractivity contribution in [3.63, 3.8) is 0 Å². The van der Waals surface area contributed by atoms with Crippen LogP contribution in [0, 0.1) is 23.7 Å². The Balaban J connectivity index is 1.92. The first-order valence-electron chi connectivity index (χ1n) is 7.77. The maximum absolute atomic E-state index is 12.5. The van der Waals surface area contributed by atoms with E-state index >= 15 is 0 Å². The monoisotopic (exact) mass is 287 g/mol. The van der Waals surface area contributed by atoms with Crippen molar-refractivity contribution in [2.45, 2.75) is 26.2 Å². The molecule has 0 aromatic heterocycles. The highest BCUT2D eigenvalue weighted by atomic mass is 16.2. The van der Waals surface area contributed by atoms with Crippen molar-refractivity contribution in [2.24, 2.45) is 23.7 Å². The number of nitrogens with zero attached hydrogens (tertiary/aromatic N) is 1. The van der Waals surface area contributed by atoms with Crippen LogP contribution in [0.1, 0.15) is 26.2 Å². The molecule has 0 aromatic carbocycles. The van der Waals surface area contributed by atoms with Crippen LogP contribution in [-0.2, 0) is 9.59 Å². The molecule has 3 nitrogen and oxygen atoms in total. The molecule has 0 saturated heterocycles. The van der Waals surface area contributed by atoms with Gasteiger partial charge in [0.15, 0.2) is 0 Å². The summed E-state index contributed by atoms with van der Waals surface area (Å²) in [6.45, 7) is 10.2. The first-order valence-corrected chi connectivity index (χ1v) is 7.77. The zero-order valence-electron chi connectivity index (χ0n) is 12.8. The highest BCUT2D eigenvalue weighted by molar-refractivity contribution is 5.82.